The van der Waals surface area contributed by atoms with Gasteiger partial charge in [-0.3, -0.25) is 19.3 Å². The molecule has 1 N–H and O–H groups in total. The highest BCUT2D eigenvalue weighted by atomic mass is 19.1. The predicted octanol–water partition coefficient (Wildman–Crippen LogP) is 3.30. The van der Waals surface area contributed by atoms with E-state index in [1.54, 1.807) is 24.3 Å². The normalized spacial score (nSPS) is 15.7. The summed E-state index contributed by atoms with van der Waals surface area (Å²) >= 11 is 0. The molecule has 8 nitrogen and oxygen atoms in total. The number of nitrogens with one attached hydrogen (secondary N) is 1. The van der Waals surface area contributed by atoms with Gasteiger partial charge in [0.15, 0.2) is 0 Å². The maximum Gasteiger partial charge on any atom is 0.261 e. The van der Waals surface area contributed by atoms with Gasteiger partial charge in [0.25, 0.3) is 17.7 Å². The van der Waals surface area contributed by atoms with Gasteiger partial charge < -0.3 is 19.4 Å². The van der Waals surface area contributed by atoms with Gasteiger partial charge in [0, 0.05) is 24.3 Å². The number of amides is 3. The Hall–Kier alpha value is -3.98. The summed E-state index contributed by atoms with van der Waals surface area (Å²) in [5.41, 5.74) is 1.30. The summed E-state index contributed by atoms with van der Waals surface area (Å²) in [4.78, 5) is 41.1. The number of imide groups is 1. The Morgan fingerprint density at radius 2 is 1.79 bits per heavy atom. The van der Waals surface area contributed by atoms with Crippen LogP contribution in [0, 0.1) is 5.82 Å². The molecule has 0 saturated carbocycles. The van der Waals surface area contributed by atoms with Gasteiger partial charge in [-0.05, 0) is 48.5 Å². The van der Waals surface area contributed by atoms with E-state index in [4.69, 9.17) is 9.15 Å². The molecule has 0 aliphatic carbocycles. The average molecular weight is 449 g/mol. The molecule has 3 heterocycles. The van der Waals surface area contributed by atoms with Crippen LogP contribution in [0.15, 0.2) is 59.2 Å². The molecule has 0 atom stereocenters. The van der Waals surface area contributed by atoms with Crippen molar-refractivity contribution in [1.82, 2.24) is 4.90 Å². The smallest absolute Gasteiger partial charge is 0.261 e. The molecule has 168 valence electrons. The number of halogens is 1. The Labute approximate surface area is 188 Å². The Bertz CT molecular complexity index is 1230. The number of furan rings is 1. The summed E-state index contributed by atoms with van der Waals surface area (Å²) in [6.45, 7) is 2.28. The quantitative estimate of drug-likeness (QED) is 0.601. The third-order valence-corrected chi connectivity index (χ3v) is 5.68. The van der Waals surface area contributed by atoms with Crippen LogP contribution in [0.25, 0.3) is 0 Å². The van der Waals surface area contributed by atoms with Crippen molar-refractivity contribution < 1.29 is 27.9 Å². The number of ether oxygens (including phenoxy) is 1. The number of nitrogens with zero attached hydrogens (tertiary/aromatic N) is 2. The van der Waals surface area contributed by atoms with Gasteiger partial charge in [0.05, 0.1) is 42.8 Å². The lowest BCUT2D eigenvalue weighted by Crippen LogP contribution is -2.36. The van der Waals surface area contributed by atoms with Gasteiger partial charge in [-0.15, -0.1) is 0 Å². The second kappa shape index (κ2) is 8.51. The number of carbonyl (C=O) groups is 3. The molecular formula is C24H20FN3O5. The number of fused-ring (bicyclic) bond motifs is 1. The third kappa shape index (κ3) is 3.98. The first-order valence-electron chi connectivity index (χ1n) is 10.5. The minimum Gasteiger partial charge on any atom is -0.467 e. The first kappa shape index (κ1) is 20.9. The van der Waals surface area contributed by atoms with Crippen molar-refractivity contribution in [1.29, 1.82) is 0 Å². The Morgan fingerprint density at radius 1 is 1.00 bits per heavy atom. The lowest BCUT2D eigenvalue weighted by atomic mass is 10.1. The van der Waals surface area contributed by atoms with Crippen molar-refractivity contribution in [3.8, 4) is 0 Å². The minimum absolute atomic E-state index is 0.00957. The largest absolute Gasteiger partial charge is 0.467 e. The van der Waals surface area contributed by atoms with Gasteiger partial charge in [-0.2, -0.15) is 0 Å². The van der Waals surface area contributed by atoms with Crippen LogP contribution in [0.4, 0.5) is 15.8 Å². The van der Waals surface area contributed by atoms with E-state index in [9.17, 15) is 18.8 Å². The molecule has 2 aromatic carbocycles. The van der Waals surface area contributed by atoms with E-state index in [1.165, 1.54) is 30.5 Å². The second-order valence-electron chi connectivity index (χ2n) is 7.76. The van der Waals surface area contributed by atoms with Crippen LogP contribution >= 0.6 is 0 Å². The van der Waals surface area contributed by atoms with Crippen molar-refractivity contribution in [3.63, 3.8) is 0 Å². The molecule has 1 fully saturated rings. The van der Waals surface area contributed by atoms with Crippen LogP contribution < -0.4 is 10.2 Å². The summed E-state index contributed by atoms with van der Waals surface area (Å²) in [6.07, 6.45) is 1.46. The SMILES string of the molecule is O=C(Nc1ccc(N2CCOCC2)c(F)c1)c1ccc2c(c1)C(=O)N(Cc1ccco1)C2=O. The molecule has 2 aliphatic rings. The molecule has 3 amide bonds. The van der Waals surface area contributed by atoms with Crippen molar-refractivity contribution >= 4 is 29.1 Å². The molecule has 33 heavy (non-hydrogen) atoms. The molecule has 1 aromatic heterocycles. The fourth-order valence-electron chi connectivity index (χ4n) is 3.98. The van der Waals surface area contributed by atoms with Gasteiger partial charge in [-0.1, -0.05) is 0 Å². The van der Waals surface area contributed by atoms with Gasteiger partial charge in [0.1, 0.15) is 11.6 Å². The molecule has 1 saturated heterocycles. The van der Waals surface area contributed by atoms with E-state index in [-0.39, 0.29) is 28.9 Å². The fraction of sp³-hybridized carbons (Fsp3) is 0.208. The summed E-state index contributed by atoms with van der Waals surface area (Å²) in [7, 11) is 0. The van der Waals surface area contributed by atoms with E-state index >= 15 is 0 Å². The van der Waals surface area contributed by atoms with E-state index in [1.807, 2.05) is 4.90 Å². The molecule has 5 rings (SSSR count). The number of rotatable bonds is 5. The second-order valence-corrected chi connectivity index (χ2v) is 7.76. The third-order valence-electron chi connectivity index (χ3n) is 5.68. The summed E-state index contributed by atoms with van der Waals surface area (Å²) in [5.74, 6) is -1.43. The fourth-order valence-corrected chi connectivity index (χ4v) is 3.98. The number of hydrogen-bond donors (Lipinski definition) is 1. The molecule has 0 bridgehead atoms. The van der Waals surface area contributed by atoms with Crippen LogP contribution in [-0.2, 0) is 11.3 Å². The van der Waals surface area contributed by atoms with E-state index < -0.39 is 23.5 Å². The highest BCUT2D eigenvalue weighted by Crippen LogP contribution is 2.27. The van der Waals surface area contributed by atoms with Crippen LogP contribution in [-0.4, -0.2) is 48.9 Å². The monoisotopic (exact) mass is 449 g/mol. The van der Waals surface area contributed by atoms with Crippen molar-refractivity contribution in [3.05, 3.63) is 83.1 Å². The molecule has 0 radical (unpaired) electrons. The maximum atomic E-state index is 14.6. The standard InChI is InChI=1S/C24H20FN3O5/c25-20-13-16(4-6-21(20)27-7-10-32-11-8-27)26-22(29)15-3-5-18-19(12-15)24(31)28(23(18)30)14-17-2-1-9-33-17/h1-6,9,12-13H,7-8,10-11,14H2,(H,26,29). The topological polar surface area (TPSA) is 92.1 Å². The van der Waals surface area contributed by atoms with Crippen LogP contribution in [0.5, 0.6) is 0 Å². The Morgan fingerprint density at radius 3 is 2.52 bits per heavy atom. The van der Waals surface area contributed by atoms with Gasteiger partial charge >= 0.3 is 0 Å². The lowest BCUT2D eigenvalue weighted by Gasteiger charge is -2.29. The predicted molar refractivity (Wildman–Crippen MR) is 117 cm³/mol. The first-order chi connectivity index (χ1) is 16.0. The molecule has 0 unspecified atom stereocenters. The number of morpholine rings is 1. The first-order valence-corrected chi connectivity index (χ1v) is 10.5. The van der Waals surface area contributed by atoms with Crippen LogP contribution in [0.2, 0.25) is 0 Å². The lowest BCUT2D eigenvalue weighted by molar-refractivity contribution is 0.0631. The molecular weight excluding hydrogens is 429 g/mol. The van der Waals surface area contributed by atoms with Gasteiger partial charge in [0.2, 0.25) is 0 Å². The van der Waals surface area contributed by atoms with E-state index in [0.717, 1.165) is 4.90 Å². The molecule has 0 spiro atoms. The number of hydrogen-bond acceptors (Lipinski definition) is 6. The number of benzene rings is 2. The average Bonchev–Trinajstić information content (AvgIpc) is 3.42. The minimum atomic E-state index is -0.513. The van der Waals surface area contributed by atoms with E-state index in [2.05, 4.69) is 5.32 Å². The maximum absolute atomic E-state index is 14.6. The van der Waals surface area contributed by atoms with Crippen molar-refractivity contribution in [2.24, 2.45) is 0 Å². The Balaban J connectivity index is 1.32. The highest BCUT2D eigenvalue weighted by Gasteiger charge is 2.36. The molecule has 3 aromatic rings. The van der Waals surface area contributed by atoms with Crippen molar-refractivity contribution in [2.45, 2.75) is 6.54 Å². The zero-order chi connectivity index (χ0) is 22.9. The number of carbonyl (C=O) groups excluding carboxylic acids is 3. The van der Waals surface area contributed by atoms with E-state index in [0.29, 0.717) is 37.8 Å². The molecule has 2 aliphatic heterocycles. The molecule has 9 heteroatoms. The Kier molecular flexibility index (Phi) is 5.39. The number of anilines is 2. The highest BCUT2D eigenvalue weighted by molar-refractivity contribution is 6.22. The van der Waals surface area contributed by atoms with Crippen LogP contribution in [0.1, 0.15) is 36.8 Å². The summed E-state index contributed by atoms with van der Waals surface area (Å²) < 4.78 is 25.1. The summed E-state index contributed by atoms with van der Waals surface area (Å²) in [6, 6.07) is 12.1. The van der Waals surface area contributed by atoms with Crippen molar-refractivity contribution in [2.75, 3.05) is 36.5 Å². The zero-order valence-corrected chi connectivity index (χ0v) is 17.5. The summed E-state index contributed by atoms with van der Waals surface area (Å²) in [5, 5.41) is 2.65. The zero-order valence-electron chi connectivity index (χ0n) is 17.5. The van der Waals surface area contributed by atoms with Crippen LogP contribution in [0.3, 0.4) is 0 Å². The van der Waals surface area contributed by atoms with Gasteiger partial charge in [-0.25, -0.2) is 4.39 Å².